The molecule has 2 nitrogen and oxygen atoms in total. The topological polar surface area (TPSA) is 24.1 Å². The van der Waals surface area contributed by atoms with Gasteiger partial charge >= 0.3 is 0 Å². The molecule has 2 aromatic carbocycles. The molecule has 0 aromatic heterocycles. The molecule has 1 aliphatic rings. The van der Waals surface area contributed by atoms with Crippen molar-refractivity contribution >= 4 is 46.2 Å². The number of halogens is 3. The van der Waals surface area contributed by atoms with Crippen LogP contribution in [0.3, 0.4) is 0 Å². The first-order valence-corrected chi connectivity index (χ1v) is 9.91. The third-order valence-electron chi connectivity index (χ3n) is 4.92. The average Bonchev–Trinajstić information content (AvgIpc) is 3.06. The second-order valence-corrected chi connectivity index (χ2v) is 8.07. The molecule has 2 N–H and O–H groups in total. The zero-order chi connectivity index (χ0) is 18.6. The molecular weight excluding hydrogens is 390 g/mol. The van der Waals surface area contributed by atoms with Crippen molar-refractivity contribution in [3.8, 4) is 0 Å². The van der Waals surface area contributed by atoms with E-state index in [0.717, 1.165) is 30.7 Å². The van der Waals surface area contributed by atoms with E-state index in [4.69, 9.17) is 35.4 Å². The van der Waals surface area contributed by atoms with E-state index in [1.54, 1.807) is 12.1 Å². The van der Waals surface area contributed by atoms with E-state index in [0.29, 0.717) is 10.8 Å². The van der Waals surface area contributed by atoms with Gasteiger partial charge < -0.3 is 10.6 Å². The number of aryl methyl sites for hydroxylation is 1. The van der Waals surface area contributed by atoms with Crippen molar-refractivity contribution in [3.05, 3.63) is 63.9 Å². The van der Waals surface area contributed by atoms with E-state index in [1.165, 1.54) is 24.5 Å². The lowest BCUT2D eigenvalue weighted by atomic mass is 9.89. The highest BCUT2D eigenvalue weighted by Crippen LogP contribution is 2.34. The minimum atomic E-state index is -0.439. The minimum Gasteiger partial charge on any atom is -0.357 e. The third-order valence-corrected chi connectivity index (χ3v) is 5.67. The van der Waals surface area contributed by atoms with Gasteiger partial charge in [0.1, 0.15) is 5.82 Å². The average molecular weight is 411 g/mol. The summed E-state index contributed by atoms with van der Waals surface area (Å²) in [5, 5.41) is 8.02. The molecule has 0 aliphatic heterocycles. The Morgan fingerprint density at radius 3 is 2.42 bits per heavy atom. The van der Waals surface area contributed by atoms with Crippen LogP contribution < -0.4 is 10.6 Å². The maximum atomic E-state index is 13.3. The van der Waals surface area contributed by atoms with Gasteiger partial charge in [-0.1, -0.05) is 48.2 Å². The Kier molecular flexibility index (Phi) is 6.38. The largest absolute Gasteiger partial charge is 0.357 e. The monoisotopic (exact) mass is 410 g/mol. The van der Waals surface area contributed by atoms with Crippen LogP contribution in [0, 0.1) is 5.82 Å². The molecule has 6 heteroatoms. The first-order valence-electron chi connectivity index (χ1n) is 8.74. The van der Waals surface area contributed by atoms with Gasteiger partial charge in [0.15, 0.2) is 5.11 Å². The summed E-state index contributed by atoms with van der Waals surface area (Å²) in [5.41, 5.74) is 1.94. The molecule has 2 aromatic rings. The Morgan fingerprint density at radius 2 is 1.77 bits per heavy atom. The molecule has 0 heterocycles. The van der Waals surface area contributed by atoms with Gasteiger partial charge in [0.05, 0.1) is 5.02 Å². The lowest BCUT2D eigenvalue weighted by Gasteiger charge is -2.32. The zero-order valence-electron chi connectivity index (χ0n) is 14.3. The predicted octanol–water partition coefficient (Wildman–Crippen LogP) is 6.36. The Labute approximate surface area is 169 Å². The normalized spacial score (nSPS) is 15.7. The van der Waals surface area contributed by atoms with E-state index in [1.807, 2.05) is 12.1 Å². The van der Waals surface area contributed by atoms with Crippen molar-refractivity contribution in [2.24, 2.45) is 0 Å². The minimum absolute atomic E-state index is 0.00640. The molecule has 0 radical (unpaired) electrons. The summed E-state index contributed by atoms with van der Waals surface area (Å²) in [6.07, 6.45) is 6.53. The third kappa shape index (κ3) is 5.09. The second-order valence-electron chi connectivity index (χ2n) is 6.82. The Bertz CT molecular complexity index is 774. The van der Waals surface area contributed by atoms with Gasteiger partial charge in [-0.15, -0.1) is 0 Å². The fourth-order valence-electron chi connectivity index (χ4n) is 3.50. The number of rotatable bonds is 5. The summed E-state index contributed by atoms with van der Waals surface area (Å²) >= 11 is 17.3. The van der Waals surface area contributed by atoms with Gasteiger partial charge in [-0.3, -0.25) is 0 Å². The lowest BCUT2D eigenvalue weighted by Crippen LogP contribution is -2.48. The van der Waals surface area contributed by atoms with Crippen LogP contribution in [-0.2, 0) is 6.42 Å². The summed E-state index contributed by atoms with van der Waals surface area (Å²) in [6.45, 7) is 0. The summed E-state index contributed by atoms with van der Waals surface area (Å²) in [7, 11) is 0. The highest BCUT2D eigenvalue weighted by atomic mass is 35.5. The molecule has 0 atom stereocenters. The van der Waals surface area contributed by atoms with Crippen LogP contribution in [0.15, 0.2) is 42.5 Å². The fourth-order valence-corrected chi connectivity index (χ4v) is 4.14. The van der Waals surface area contributed by atoms with E-state index >= 15 is 0 Å². The van der Waals surface area contributed by atoms with Crippen molar-refractivity contribution in [3.63, 3.8) is 0 Å². The van der Waals surface area contributed by atoms with Crippen molar-refractivity contribution < 1.29 is 4.39 Å². The first kappa shape index (κ1) is 19.4. The van der Waals surface area contributed by atoms with Crippen LogP contribution in [0.2, 0.25) is 10.0 Å². The van der Waals surface area contributed by atoms with Gasteiger partial charge in [0.2, 0.25) is 0 Å². The quantitative estimate of drug-likeness (QED) is 0.560. The summed E-state index contributed by atoms with van der Waals surface area (Å²) in [5.74, 6) is -0.439. The molecule has 0 saturated heterocycles. The van der Waals surface area contributed by atoms with Crippen LogP contribution in [-0.4, -0.2) is 10.7 Å². The molecule has 1 aliphatic carbocycles. The molecule has 138 valence electrons. The molecule has 1 fully saturated rings. The van der Waals surface area contributed by atoms with Crippen molar-refractivity contribution in [2.75, 3.05) is 5.32 Å². The molecule has 0 bridgehead atoms. The van der Waals surface area contributed by atoms with Gasteiger partial charge in [-0.25, -0.2) is 4.39 Å². The fraction of sp³-hybridized carbons (Fsp3) is 0.350. The van der Waals surface area contributed by atoms with E-state index in [9.17, 15) is 4.39 Å². The standard InChI is InChI=1S/C20H21Cl2FN2S/c21-15-5-3-14(4-6-15)9-12-20(10-1-2-11-20)25-19(26)24-16-7-8-18(23)17(22)13-16/h3-8,13H,1-2,9-12H2,(H2,24,25,26). The Morgan fingerprint density at radius 1 is 1.08 bits per heavy atom. The second kappa shape index (κ2) is 8.55. The van der Waals surface area contributed by atoms with Crippen LogP contribution in [0.1, 0.15) is 37.7 Å². The van der Waals surface area contributed by atoms with E-state index in [2.05, 4.69) is 22.8 Å². The maximum absolute atomic E-state index is 13.3. The first-order chi connectivity index (χ1) is 12.5. The smallest absolute Gasteiger partial charge is 0.171 e. The predicted molar refractivity (Wildman–Crippen MR) is 112 cm³/mol. The van der Waals surface area contributed by atoms with Gasteiger partial charge in [0.25, 0.3) is 0 Å². The van der Waals surface area contributed by atoms with E-state index < -0.39 is 5.82 Å². The highest BCUT2D eigenvalue weighted by Gasteiger charge is 2.34. The number of hydrogen-bond acceptors (Lipinski definition) is 1. The van der Waals surface area contributed by atoms with Crippen LogP contribution >= 0.6 is 35.4 Å². The zero-order valence-corrected chi connectivity index (χ0v) is 16.7. The van der Waals surface area contributed by atoms with Gasteiger partial charge in [-0.05, 0) is 73.8 Å². The summed E-state index contributed by atoms with van der Waals surface area (Å²) in [4.78, 5) is 0. The molecule has 0 spiro atoms. The molecule has 0 unspecified atom stereocenters. The van der Waals surface area contributed by atoms with Crippen molar-refractivity contribution in [1.82, 2.24) is 5.32 Å². The Hall–Kier alpha value is -1.36. The highest BCUT2D eigenvalue weighted by molar-refractivity contribution is 7.80. The maximum Gasteiger partial charge on any atom is 0.171 e. The molecule has 26 heavy (non-hydrogen) atoms. The van der Waals surface area contributed by atoms with Crippen LogP contribution in [0.4, 0.5) is 10.1 Å². The molecule has 3 rings (SSSR count). The number of benzene rings is 2. The van der Waals surface area contributed by atoms with Crippen LogP contribution in [0.5, 0.6) is 0 Å². The molecule has 0 amide bonds. The molecular formula is C20H21Cl2FN2S. The number of thiocarbonyl (C=S) groups is 1. The molecule has 1 saturated carbocycles. The van der Waals surface area contributed by atoms with Crippen molar-refractivity contribution in [2.45, 2.75) is 44.1 Å². The SMILES string of the molecule is Fc1ccc(NC(=S)NC2(CCc3ccc(Cl)cc3)CCCC2)cc1Cl. The van der Waals surface area contributed by atoms with Gasteiger partial charge in [-0.2, -0.15) is 0 Å². The van der Waals surface area contributed by atoms with Gasteiger partial charge in [0, 0.05) is 16.2 Å². The summed E-state index contributed by atoms with van der Waals surface area (Å²) in [6, 6.07) is 12.5. The number of nitrogens with one attached hydrogen (secondary N) is 2. The number of hydrogen-bond donors (Lipinski definition) is 2. The summed E-state index contributed by atoms with van der Waals surface area (Å²) < 4.78 is 13.3. The van der Waals surface area contributed by atoms with Crippen LogP contribution in [0.25, 0.3) is 0 Å². The van der Waals surface area contributed by atoms with Crippen molar-refractivity contribution in [1.29, 1.82) is 0 Å². The number of anilines is 1. The van der Waals surface area contributed by atoms with E-state index in [-0.39, 0.29) is 10.6 Å². The lowest BCUT2D eigenvalue weighted by molar-refractivity contribution is 0.362. The Balaban J connectivity index is 1.62.